The van der Waals surface area contributed by atoms with Gasteiger partial charge in [0, 0.05) is 23.0 Å². The highest BCUT2D eigenvalue weighted by atomic mass is 79.9. The first kappa shape index (κ1) is 14.3. The van der Waals surface area contributed by atoms with Crippen LogP contribution in [0.5, 0.6) is 11.5 Å². The van der Waals surface area contributed by atoms with E-state index in [1.165, 1.54) is 11.1 Å². The van der Waals surface area contributed by atoms with Crippen LogP contribution in [-0.2, 0) is 16.8 Å². The van der Waals surface area contributed by atoms with E-state index < -0.39 is 0 Å². The first-order chi connectivity index (χ1) is 10.5. The van der Waals surface area contributed by atoms with Gasteiger partial charge in [-0.3, -0.25) is 4.79 Å². The van der Waals surface area contributed by atoms with Gasteiger partial charge < -0.3 is 14.4 Å². The minimum absolute atomic E-state index is 0.117. The highest BCUT2D eigenvalue weighted by Crippen LogP contribution is 2.56. The topological polar surface area (TPSA) is 38.8 Å². The molecule has 0 aromatic heterocycles. The lowest BCUT2D eigenvalue weighted by atomic mass is 9.69. The second kappa shape index (κ2) is 4.83. The molecule has 2 heterocycles. The average molecular weight is 364 g/mol. The Hall–Kier alpha value is -1.33. The van der Waals surface area contributed by atoms with Gasteiger partial charge in [0.2, 0.25) is 0 Å². The van der Waals surface area contributed by atoms with Gasteiger partial charge >= 0.3 is 0 Å². The van der Waals surface area contributed by atoms with E-state index in [0.29, 0.717) is 6.42 Å². The predicted octanol–water partition coefficient (Wildman–Crippen LogP) is 2.82. The molecule has 0 bridgehead atoms. The van der Waals surface area contributed by atoms with E-state index in [0.717, 1.165) is 35.5 Å². The van der Waals surface area contributed by atoms with Crippen LogP contribution in [-0.4, -0.2) is 37.5 Å². The van der Waals surface area contributed by atoms with Crippen LogP contribution in [0.1, 0.15) is 24.0 Å². The number of ketones is 1. The van der Waals surface area contributed by atoms with Gasteiger partial charge in [-0.2, -0.15) is 0 Å². The molecule has 1 spiro atoms. The molecule has 4 nitrogen and oxygen atoms in total. The van der Waals surface area contributed by atoms with E-state index in [-0.39, 0.29) is 17.3 Å². The van der Waals surface area contributed by atoms with Gasteiger partial charge in [-0.25, -0.2) is 0 Å². The Morgan fingerprint density at radius 1 is 1.50 bits per heavy atom. The van der Waals surface area contributed by atoms with Gasteiger partial charge in [-0.15, -0.1) is 0 Å². The third-order valence-electron chi connectivity index (χ3n) is 5.11. The Morgan fingerprint density at radius 2 is 2.32 bits per heavy atom. The second-order valence-electron chi connectivity index (χ2n) is 6.38. The quantitative estimate of drug-likeness (QED) is 0.768. The molecule has 0 saturated heterocycles. The van der Waals surface area contributed by atoms with Crippen molar-refractivity contribution < 1.29 is 14.3 Å². The number of carbonyl (C=O) groups excluding carboxylic acids is 1. The van der Waals surface area contributed by atoms with E-state index in [1.807, 2.05) is 6.07 Å². The minimum Gasteiger partial charge on any atom is -0.493 e. The molecule has 0 amide bonds. The number of rotatable bonds is 1. The Morgan fingerprint density at radius 3 is 3.09 bits per heavy atom. The summed E-state index contributed by atoms with van der Waals surface area (Å²) < 4.78 is 12.8. The van der Waals surface area contributed by atoms with Crippen molar-refractivity contribution in [1.82, 2.24) is 4.90 Å². The molecule has 5 heteroatoms. The van der Waals surface area contributed by atoms with Crippen LogP contribution in [0, 0.1) is 0 Å². The van der Waals surface area contributed by atoms with Crippen molar-refractivity contribution >= 4 is 21.7 Å². The standard InChI is InChI=1S/C17H18BrNO3/c1-19-6-5-17-4-3-10(20)7-14(17)22-16-13(21-2)8-12(18)11(9-19)15(16)17/h3-4,8,14H,5-7,9H2,1-2H3/t14-,17-/m0/s1. The molecule has 0 saturated carbocycles. The summed E-state index contributed by atoms with van der Waals surface area (Å²) in [5, 5.41) is 0. The van der Waals surface area contributed by atoms with E-state index in [1.54, 1.807) is 13.2 Å². The molecular weight excluding hydrogens is 346 g/mol. The summed E-state index contributed by atoms with van der Waals surface area (Å²) >= 11 is 3.70. The molecule has 0 radical (unpaired) electrons. The van der Waals surface area contributed by atoms with Crippen LogP contribution in [0.15, 0.2) is 22.7 Å². The van der Waals surface area contributed by atoms with Gasteiger partial charge in [0.05, 0.1) is 12.5 Å². The molecule has 1 aliphatic carbocycles. The molecule has 2 atom stereocenters. The monoisotopic (exact) mass is 363 g/mol. The van der Waals surface area contributed by atoms with Crippen molar-refractivity contribution in [3.05, 3.63) is 33.8 Å². The van der Waals surface area contributed by atoms with E-state index in [9.17, 15) is 4.79 Å². The van der Waals surface area contributed by atoms with Crippen molar-refractivity contribution in [1.29, 1.82) is 0 Å². The molecule has 0 fully saturated rings. The van der Waals surface area contributed by atoms with Crippen LogP contribution in [0.3, 0.4) is 0 Å². The highest BCUT2D eigenvalue weighted by molar-refractivity contribution is 9.10. The second-order valence-corrected chi connectivity index (χ2v) is 7.24. The van der Waals surface area contributed by atoms with Crippen molar-refractivity contribution in [2.45, 2.75) is 30.9 Å². The number of hydrogen-bond donors (Lipinski definition) is 0. The molecule has 4 rings (SSSR count). The Labute approximate surface area is 138 Å². The number of ether oxygens (including phenoxy) is 2. The summed E-state index contributed by atoms with van der Waals surface area (Å²) in [5.74, 6) is 1.70. The fourth-order valence-corrected chi connectivity index (χ4v) is 4.50. The maximum atomic E-state index is 11.9. The summed E-state index contributed by atoms with van der Waals surface area (Å²) in [6.07, 6.45) is 5.09. The molecule has 2 aliphatic heterocycles. The lowest BCUT2D eigenvalue weighted by Crippen LogP contribution is -2.41. The summed E-state index contributed by atoms with van der Waals surface area (Å²) in [6.45, 7) is 1.84. The van der Waals surface area contributed by atoms with Crippen LogP contribution in [0.25, 0.3) is 0 Å². The predicted molar refractivity (Wildman–Crippen MR) is 86.5 cm³/mol. The Bertz CT molecular complexity index is 700. The number of allylic oxidation sites excluding steroid dienone is 1. The first-order valence-electron chi connectivity index (χ1n) is 7.52. The van der Waals surface area contributed by atoms with Crippen LogP contribution < -0.4 is 9.47 Å². The lowest BCUT2D eigenvalue weighted by molar-refractivity contribution is -0.117. The zero-order valence-electron chi connectivity index (χ0n) is 12.7. The van der Waals surface area contributed by atoms with Gasteiger partial charge in [0.15, 0.2) is 17.3 Å². The average Bonchev–Trinajstić information content (AvgIpc) is 2.74. The van der Waals surface area contributed by atoms with Crippen molar-refractivity contribution in [3.8, 4) is 11.5 Å². The SMILES string of the molecule is COc1cc(Br)c2c3c1O[C@H]1CC(=O)C=C[C@@]31CCN(C)C2. The van der Waals surface area contributed by atoms with Crippen LogP contribution in [0.2, 0.25) is 0 Å². The molecule has 3 aliphatic rings. The van der Waals surface area contributed by atoms with E-state index in [2.05, 4.69) is 34.0 Å². The molecule has 1 aromatic rings. The smallest absolute Gasteiger partial charge is 0.166 e. The van der Waals surface area contributed by atoms with Crippen molar-refractivity contribution in [3.63, 3.8) is 0 Å². The highest BCUT2D eigenvalue weighted by Gasteiger charge is 2.53. The summed E-state index contributed by atoms with van der Waals surface area (Å²) in [4.78, 5) is 14.2. The normalized spacial score (nSPS) is 29.6. The Kier molecular flexibility index (Phi) is 3.13. The van der Waals surface area contributed by atoms with Crippen molar-refractivity contribution in [2.24, 2.45) is 0 Å². The van der Waals surface area contributed by atoms with Gasteiger partial charge in [-0.1, -0.05) is 22.0 Å². The third-order valence-corrected chi connectivity index (χ3v) is 5.81. The number of methoxy groups -OCH3 is 1. The maximum Gasteiger partial charge on any atom is 0.166 e. The fourth-order valence-electron chi connectivity index (χ4n) is 3.97. The van der Waals surface area contributed by atoms with Gasteiger partial charge in [0.25, 0.3) is 0 Å². The molecular formula is C17H18BrNO3. The first-order valence-corrected chi connectivity index (χ1v) is 8.31. The molecule has 0 unspecified atom stereocenters. The number of nitrogens with zero attached hydrogens (tertiary/aromatic N) is 1. The van der Waals surface area contributed by atoms with Crippen LogP contribution >= 0.6 is 15.9 Å². The third kappa shape index (κ3) is 1.82. The molecule has 22 heavy (non-hydrogen) atoms. The van der Waals surface area contributed by atoms with Crippen LogP contribution in [0.4, 0.5) is 0 Å². The molecule has 1 aromatic carbocycles. The zero-order chi connectivity index (χ0) is 15.5. The number of hydrogen-bond acceptors (Lipinski definition) is 4. The van der Waals surface area contributed by atoms with Gasteiger partial charge in [-0.05, 0) is 37.7 Å². The van der Waals surface area contributed by atoms with Crippen molar-refractivity contribution in [2.75, 3.05) is 20.7 Å². The summed E-state index contributed by atoms with van der Waals surface area (Å²) in [6, 6.07) is 1.98. The lowest BCUT2D eigenvalue weighted by Gasteiger charge is -2.33. The number of carbonyl (C=O) groups is 1. The maximum absolute atomic E-state index is 11.9. The number of halogens is 1. The largest absolute Gasteiger partial charge is 0.493 e. The van der Waals surface area contributed by atoms with E-state index >= 15 is 0 Å². The summed E-state index contributed by atoms with van der Waals surface area (Å²) in [7, 11) is 3.79. The zero-order valence-corrected chi connectivity index (χ0v) is 14.3. The summed E-state index contributed by atoms with van der Waals surface area (Å²) in [5.41, 5.74) is 2.24. The number of benzene rings is 1. The van der Waals surface area contributed by atoms with E-state index in [4.69, 9.17) is 9.47 Å². The minimum atomic E-state index is -0.208. The Balaban J connectivity index is 2.02. The molecule has 116 valence electrons. The van der Waals surface area contributed by atoms with Gasteiger partial charge in [0.1, 0.15) is 6.10 Å². The fraction of sp³-hybridized carbons (Fsp3) is 0.471. The molecule has 0 N–H and O–H groups in total.